The smallest absolute Gasteiger partial charge is 0.321 e. The molecule has 2 fully saturated rings. The van der Waals surface area contributed by atoms with Crippen LogP contribution in [0.25, 0.3) is 0 Å². The lowest BCUT2D eigenvalue weighted by Crippen LogP contribution is -2.53. The molecule has 0 amide bonds. The number of aryl methyl sites for hydroxylation is 1. The molecule has 1 N–H and O–H groups in total. The molecule has 2 unspecified atom stereocenters. The summed E-state index contributed by atoms with van der Waals surface area (Å²) in [6.07, 6.45) is 2.87. The maximum absolute atomic E-state index is 11.5. The molecule has 7 nitrogen and oxygen atoms in total. The monoisotopic (exact) mass is 308 g/mol. The van der Waals surface area contributed by atoms with Gasteiger partial charge in [0.05, 0.1) is 6.04 Å². The van der Waals surface area contributed by atoms with Crippen molar-refractivity contribution in [3.05, 3.63) is 11.7 Å². The molecule has 0 aromatic carbocycles. The maximum Gasteiger partial charge on any atom is 0.321 e. The van der Waals surface area contributed by atoms with Gasteiger partial charge in [-0.2, -0.15) is 4.98 Å². The summed E-state index contributed by atoms with van der Waals surface area (Å²) in [6.45, 7) is 7.31. The van der Waals surface area contributed by atoms with Crippen LogP contribution < -0.4 is 0 Å². The first-order valence-electron chi connectivity index (χ1n) is 8.13. The fourth-order valence-corrected chi connectivity index (χ4v) is 3.21. The van der Waals surface area contributed by atoms with Crippen LogP contribution in [0.2, 0.25) is 0 Å². The van der Waals surface area contributed by atoms with Gasteiger partial charge in [-0.15, -0.1) is 0 Å². The summed E-state index contributed by atoms with van der Waals surface area (Å²) in [5, 5.41) is 13.4. The molecule has 7 heteroatoms. The van der Waals surface area contributed by atoms with Gasteiger partial charge in [-0.3, -0.25) is 14.6 Å². The minimum Gasteiger partial charge on any atom is -0.480 e. The van der Waals surface area contributed by atoms with E-state index in [2.05, 4.69) is 26.9 Å². The van der Waals surface area contributed by atoms with E-state index in [0.717, 1.165) is 51.3 Å². The molecule has 2 aliphatic rings. The lowest BCUT2D eigenvalue weighted by molar-refractivity contribution is -0.145. The summed E-state index contributed by atoms with van der Waals surface area (Å²) in [7, 11) is 0. The van der Waals surface area contributed by atoms with Crippen molar-refractivity contribution in [1.29, 1.82) is 0 Å². The number of carboxylic acids is 1. The highest BCUT2D eigenvalue weighted by Crippen LogP contribution is 2.36. The largest absolute Gasteiger partial charge is 0.480 e. The summed E-state index contributed by atoms with van der Waals surface area (Å²) in [4.78, 5) is 20.3. The zero-order chi connectivity index (χ0) is 15.7. The fourth-order valence-electron chi connectivity index (χ4n) is 3.21. The lowest BCUT2D eigenvalue weighted by Gasteiger charge is -2.39. The highest BCUT2D eigenvalue weighted by atomic mass is 16.5. The maximum atomic E-state index is 11.5. The van der Waals surface area contributed by atoms with Crippen molar-refractivity contribution in [1.82, 2.24) is 19.9 Å². The van der Waals surface area contributed by atoms with Gasteiger partial charge in [0.25, 0.3) is 0 Å². The van der Waals surface area contributed by atoms with Gasteiger partial charge in [-0.1, -0.05) is 12.1 Å². The third-order valence-electron chi connectivity index (χ3n) is 4.77. The highest BCUT2D eigenvalue weighted by molar-refractivity contribution is 5.74. The Morgan fingerprint density at radius 1 is 1.32 bits per heavy atom. The van der Waals surface area contributed by atoms with E-state index in [4.69, 9.17) is 4.52 Å². The van der Waals surface area contributed by atoms with E-state index in [1.807, 2.05) is 6.92 Å². The van der Waals surface area contributed by atoms with Gasteiger partial charge in [0.2, 0.25) is 5.89 Å². The Morgan fingerprint density at radius 2 is 1.95 bits per heavy atom. The van der Waals surface area contributed by atoms with Gasteiger partial charge in [0, 0.05) is 32.6 Å². The zero-order valence-electron chi connectivity index (χ0n) is 13.2. The van der Waals surface area contributed by atoms with Gasteiger partial charge in [0.1, 0.15) is 6.04 Å². The molecule has 122 valence electrons. The summed E-state index contributed by atoms with van der Waals surface area (Å²) in [5.74, 6) is 1.07. The summed E-state index contributed by atoms with van der Waals surface area (Å²) in [6, 6.07) is -0.216. The molecular formula is C15H24N4O3. The first-order chi connectivity index (χ1) is 10.6. The van der Waals surface area contributed by atoms with Crippen LogP contribution in [-0.4, -0.2) is 63.2 Å². The predicted octanol–water partition coefficient (Wildman–Crippen LogP) is 1.17. The molecule has 2 heterocycles. The highest BCUT2D eigenvalue weighted by Gasteiger charge is 2.41. The number of aromatic nitrogens is 2. The van der Waals surface area contributed by atoms with Crippen LogP contribution in [0, 0.1) is 5.92 Å². The Balaban J connectivity index is 1.57. The molecule has 0 radical (unpaired) electrons. The zero-order valence-corrected chi connectivity index (χ0v) is 13.2. The number of rotatable bonds is 6. The summed E-state index contributed by atoms with van der Waals surface area (Å²) >= 11 is 0. The number of aliphatic carboxylic acids is 1. The molecule has 2 atom stereocenters. The molecule has 1 aliphatic heterocycles. The van der Waals surface area contributed by atoms with Gasteiger partial charge in [0.15, 0.2) is 5.82 Å². The van der Waals surface area contributed by atoms with Crippen molar-refractivity contribution >= 4 is 5.97 Å². The molecule has 0 spiro atoms. The van der Waals surface area contributed by atoms with Crippen LogP contribution in [-0.2, 0) is 11.2 Å². The average molecular weight is 308 g/mol. The molecule has 1 aromatic heterocycles. The number of hydrogen-bond donors (Lipinski definition) is 1. The van der Waals surface area contributed by atoms with Crippen LogP contribution in [0.1, 0.15) is 44.4 Å². The van der Waals surface area contributed by atoms with Crippen LogP contribution in [0.3, 0.4) is 0 Å². The van der Waals surface area contributed by atoms with Crippen molar-refractivity contribution < 1.29 is 14.4 Å². The van der Waals surface area contributed by atoms with E-state index >= 15 is 0 Å². The number of carbonyl (C=O) groups is 1. The first kappa shape index (κ1) is 15.4. The fraction of sp³-hybridized carbons (Fsp3) is 0.800. The third-order valence-corrected chi connectivity index (χ3v) is 4.77. The summed E-state index contributed by atoms with van der Waals surface area (Å²) in [5.41, 5.74) is 0. The first-order valence-corrected chi connectivity index (χ1v) is 8.13. The van der Waals surface area contributed by atoms with E-state index in [1.54, 1.807) is 0 Å². The van der Waals surface area contributed by atoms with Crippen LogP contribution in [0.4, 0.5) is 0 Å². The quantitative estimate of drug-likeness (QED) is 0.844. The Labute approximate surface area is 130 Å². The molecule has 22 heavy (non-hydrogen) atoms. The Bertz CT molecular complexity index is 521. The molecule has 0 bridgehead atoms. The van der Waals surface area contributed by atoms with E-state index in [1.165, 1.54) is 0 Å². The molecular weight excluding hydrogens is 284 g/mol. The second kappa shape index (κ2) is 6.34. The van der Waals surface area contributed by atoms with E-state index in [9.17, 15) is 9.90 Å². The minimum absolute atomic E-state index is 0.0825. The van der Waals surface area contributed by atoms with Crippen LogP contribution in [0.15, 0.2) is 4.52 Å². The number of hydrogen-bond acceptors (Lipinski definition) is 6. The third kappa shape index (κ3) is 3.15. The predicted molar refractivity (Wildman–Crippen MR) is 79.4 cm³/mol. The number of piperazine rings is 1. The molecule has 1 saturated heterocycles. The van der Waals surface area contributed by atoms with Crippen molar-refractivity contribution in [2.45, 2.75) is 45.2 Å². The van der Waals surface area contributed by atoms with Gasteiger partial charge in [-0.05, 0) is 25.7 Å². The number of carboxylic acid groups (broad SMARTS) is 1. The van der Waals surface area contributed by atoms with Crippen molar-refractivity contribution in [3.63, 3.8) is 0 Å². The molecule has 1 saturated carbocycles. The Hall–Kier alpha value is -1.47. The van der Waals surface area contributed by atoms with Gasteiger partial charge in [-0.25, -0.2) is 0 Å². The normalized spacial score (nSPS) is 23.4. The molecule has 1 aromatic rings. The van der Waals surface area contributed by atoms with Crippen LogP contribution >= 0.6 is 0 Å². The van der Waals surface area contributed by atoms with E-state index < -0.39 is 5.97 Å². The van der Waals surface area contributed by atoms with Gasteiger partial charge < -0.3 is 9.63 Å². The molecule has 3 rings (SSSR count). The van der Waals surface area contributed by atoms with Crippen molar-refractivity contribution in [2.24, 2.45) is 5.92 Å². The second-order valence-electron chi connectivity index (χ2n) is 6.27. The standard InChI is InChI=1S/C15H24N4O3/c1-3-12-16-14(22-17-12)10(2)18-6-8-19(9-7-18)13(15(20)21)11-4-5-11/h10-11,13H,3-9H2,1-2H3,(H,20,21). The van der Waals surface area contributed by atoms with E-state index in [0.29, 0.717) is 11.8 Å². The minimum atomic E-state index is -0.673. The summed E-state index contributed by atoms with van der Waals surface area (Å²) < 4.78 is 5.32. The van der Waals surface area contributed by atoms with Crippen molar-refractivity contribution in [2.75, 3.05) is 26.2 Å². The molecule has 1 aliphatic carbocycles. The van der Waals surface area contributed by atoms with E-state index in [-0.39, 0.29) is 12.1 Å². The van der Waals surface area contributed by atoms with Gasteiger partial charge >= 0.3 is 5.97 Å². The second-order valence-corrected chi connectivity index (χ2v) is 6.27. The Morgan fingerprint density at radius 3 is 2.45 bits per heavy atom. The lowest BCUT2D eigenvalue weighted by atomic mass is 10.1. The SMILES string of the molecule is CCc1noc(C(C)N2CCN(C(C(=O)O)C3CC3)CC2)n1. The average Bonchev–Trinajstić information content (AvgIpc) is 3.22. The Kier molecular flexibility index (Phi) is 4.44. The van der Waals surface area contributed by atoms with Crippen molar-refractivity contribution in [3.8, 4) is 0 Å². The number of nitrogens with zero attached hydrogens (tertiary/aromatic N) is 4. The van der Waals surface area contributed by atoms with Crippen LogP contribution in [0.5, 0.6) is 0 Å². The topological polar surface area (TPSA) is 82.7 Å².